The van der Waals surface area contributed by atoms with Gasteiger partial charge in [0.15, 0.2) is 0 Å². The molecule has 3 rings (SSSR count). The zero-order valence-electron chi connectivity index (χ0n) is 11.3. The number of halogens is 1. The van der Waals surface area contributed by atoms with E-state index in [9.17, 15) is 0 Å². The number of aromatic nitrogens is 2. The number of anilines is 2. The number of hydrogen-bond acceptors (Lipinski definition) is 5. The molecule has 6 heteroatoms. The molecule has 1 atom stereocenters. The van der Waals surface area contributed by atoms with E-state index < -0.39 is 0 Å². The van der Waals surface area contributed by atoms with Crippen LogP contribution in [0.2, 0.25) is 5.02 Å². The highest BCUT2D eigenvalue weighted by Crippen LogP contribution is 2.36. The topological polar surface area (TPSA) is 78.8 Å². The Kier molecular flexibility index (Phi) is 3.63. The zero-order valence-corrected chi connectivity index (χ0v) is 12.1. The highest BCUT2D eigenvalue weighted by atomic mass is 35.5. The SMILES string of the molecule is N#Cc1ccc(N2CCCC2c2ccc(N)nn2)cc1Cl. The number of nitrogens with two attached hydrogens (primary N) is 1. The monoisotopic (exact) mass is 299 g/mol. The number of nitrogen functional groups attached to an aromatic ring is 1. The third-order valence-electron chi connectivity index (χ3n) is 3.70. The van der Waals surface area contributed by atoms with Crippen molar-refractivity contribution in [2.75, 3.05) is 17.2 Å². The van der Waals surface area contributed by atoms with Gasteiger partial charge in [0.25, 0.3) is 0 Å². The Morgan fingerprint density at radius 3 is 2.81 bits per heavy atom. The summed E-state index contributed by atoms with van der Waals surface area (Å²) in [6.45, 7) is 0.930. The lowest BCUT2D eigenvalue weighted by Gasteiger charge is -2.26. The highest BCUT2D eigenvalue weighted by molar-refractivity contribution is 6.32. The predicted molar refractivity (Wildman–Crippen MR) is 81.9 cm³/mol. The van der Waals surface area contributed by atoms with E-state index in [1.807, 2.05) is 18.2 Å². The maximum Gasteiger partial charge on any atom is 0.146 e. The van der Waals surface area contributed by atoms with Crippen molar-refractivity contribution >= 4 is 23.1 Å². The summed E-state index contributed by atoms with van der Waals surface area (Å²) >= 11 is 6.13. The Balaban J connectivity index is 1.92. The summed E-state index contributed by atoms with van der Waals surface area (Å²) in [5.74, 6) is 0.421. The molecule has 1 aliphatic rings. The van der Waals surface area contributed by atoms with Crippen LogP contribution in [0.5, 0.6) is 0 Å². The Bertz CT molecular complexity index is 692. The van der Waals surface area contributed by atoms with Crippen molar-refractivity contribution in [1.82, 2.24) is 10.2 Å². The normalized spacial score (nSPS) is 17.7. The molecule has 2 N–H and O–H groups in total. The summed E-state index contributed by atoms with van der Waals surface area (Å²) < 4.78 is 0. The first kappa shape index (κ1) is 13.7. The van der Waals surface area contributed by atoms with E-state index in [0.29, 0.717) is 16.4 Å². The Labute approximate surface area is 128 Å². The fourth-order valence-corrected chi connectivity index (χ4v) is 2.90. The standard InChI is InChI=1S/C15H14ClN5/c16-12-8-11(4-3-10(12)9-17)21-7-1-2-14(21)13-5-6-15(18)20-19-13/h3-6,8,14H,1-2,7H2,(H2,18,20). The van der Waals surface area contributed by atoms with Gasteiger partial charge in [0, 0.05) is 12.2 Å². The molecule has 1 unspecified atom stereocenters. The maximum atomic E-state index is 8.95. The van der Waals surface area contributed by atoms with Crippen LogP contribution in [0, 0.1) is 11.3 Å². The van der Waals surface area contributed by atoms with Gasteiger partial charge in [-0.15, -0.1) is 5.10 Å². The van der Waals surface area contributed by atoms with E-state index in [0.717, 1.165) is 30.8 Å². The van der Waals surface area contributed by atoms with Crippen LogP contribution in [0.25, 0.3) is 0 Å². The molecule has 1 aromatic heterocycles. The molecule has 1 fully saturated rings. The first-order chi connectivity index (χ1) is 10.2. The Hall–Kier alpha value is -2.32. The molecule has 2 heterocycles. The van der Waals surface area contributed by atoms with E-state index in [1.54, 1.807) is 12.1 Å². The minimum Gasteiger partial charge on any atom is -0.382 e. The van der Waals surface area contributed by atoms with Crippen LogP contribution in [0.1, 0.15) is 30.1 Å². The second-order valence-corrected chi connectivity index (χ2v) is 5.42. The van der Waals surface area contributed by atoms with Gasteiger partial charge in [0.05, 0.1) is 22.3 Å². The van der Waals surface area contributed by atoms with Gasteiger partial charge in [-0.3, -0.25) is 0 Å². The van der Waals surface area contributed by atoms with Crippen molar-refractivity contribution in [2.24, 2.45) is 0 Å². The van der Waals surface area contributed by atoms with Crippen molar-refractivity contribution in [1.29, 1.82) is 5.26 Å². The predicted octanol–water partition coefficient (Wildman–Crippen LogP) is 2.93. The van der Waals surface area contributed by atoms with Crippen molar-refractivity contribution in [3.63, 3.8) is 0 Å². The molecule has 0 radical (unpaired) electrons. The van der Waals surface area contributed by atoms with Crippen molar-refractivity contribution in [3.8, 4) is 6.07 Å². The number of rotatable bonds is 2. The second-order valence-electron chi connectivity index (χ2n) is 5.01. The zero-order chi connectivity index (χ0) is 14.8. The third kappa shape index (κ3) is 2.63. The van der Waals surface area contributed by atoms with Crippen molar-refractivity contribution < 1.29 is 0 Å². The summed E-state index contributed by atoms with van der Waals surface area (Å²) in [7, 11) is 0. The molecule has 0 aliphatic carbocycles. The number of hydrogen-bond donors (Lipinski definition) is 1. The molecular weight excluding hydrogens is 286 g/mol. The number of nitriles is 1. The highest BCUT2D eigenvalue weighted by Gasteiger charge is 2.28. The Morgan fingerprint density at radius 1 is 1.29 bits per heavy atom. The lowest BCUT2D eigenvalue weighted by atomic mass is 10.1. The van der Waals surface area contributed by atoms with Gasteiger partial charge in [-0.25, -0.2) is 0 Å². The minimum atomic E-state index is 0.169. The molecule has 0 amide bonds. The smallest absolute Gasteiger partial charge is 0.146 e. The molecule has 1 aliphatic heterocycles. The molecular formula is C15H14ClN5. The maximum absolute atomic E-state index is 8.95. The summed E-state index contributed by atoms with van der Waals surface area (Å²) in [6, 6.07) is 11.4. The summed E-state index contributed by atoms with van der Waals surface area (Å²) in [5.41, 5.74) is 7.98. The number of nitrogens with zero attached hydrogens (tertiary/aromatic N) is 4. The van der Waals surface area contributed by atoms with Crippen LogP contribution < -0.4 is 10.6 Å². The second kappa shape index (κ2) is 5.58. The van der Waals surface area contributed by atoms with Crippen LogP contribution in [-0.2, 0) is 0 Å². The molecule has 0 saturated carbocycles. The lowest BCUT2D eigenvalue weighted by molar-refractivity contribution is 0.679. The molecule has 0 spiro atoms. The van der Waals surface area contributed by atoms with E-state index in [1.165, 1.54) is 0 Å². The third-order valence-corrected chi connectivity index (χ3v) is 4.02. The minimum absolute atomic E-state index is 0.169. The van der Waals surface area contributed by atoms with Crippen LogP contribution in [0.3, 0.4) is 0 Å². The van der Waals surface area contributed by atoms with Crippen LogP contribution in [0.15, 0.2) is 30.3 Å². The lowest BCUT2D eigenvalue weighted by Crippen LogP contribution is -2.23. The van der Waals surface area contributed by atoms with E-state index in [4.69, 9.17) is 22.6 Å². The molecule has 21 heavy (non-hydrogen) atoms. The van der Waals surface area contributed by atoms with Crippen LogP contribution >= 0.6 is 11.6 Å². The van der Waals surface area contributed by atoms with Gasteiger partial charge < -0.3 is 10.6 Å². The largest absolute Gasteiger partial charge is 0.382 e. The van der Waals surface area contributed by atoms with Crippen molar-refractivity contribution in [3.05, 3.63) is 46.6 Å². The van der Waals surface area contributed by atoms with E-state index >= 15 is 0 Å². The molecule has 106 valence electrons. The first-order valence-electron chi connectivity index (χ1n) is 6.74. The van der Waals surface area contributed by atoms with Gasteiger partial charge in [-0.2, -0.15) is 10.4 Å². The van der Waals surface area contributed by atoms with Crippen molar-refractivity contribution in [2.45, 2.75) is 18.9 Å². The van der Waals surface area contributed by atoms with Gasteiger partial charge >= 0.3 is 0 Å². The van der Waals surface area contributed by atoms with Gasteiger partial charge in [0.2, 0.25) is 0 Å². The number of benzene rings is 1. The van der Waals surface area contributed by atoms with E-state index in [2.05, 4.69) is 21.2 Å². The van der Waals surface area contributed by atoms with Crippen LogP contribution in [0.4, 0.5) is 11.5 Å². The molecule has 1 saturated heterocycles. The van der Waals surface area contributed by atoms with Gasteiger partial charge in [-0.05, 0) is 43.2 Å². The summed E-state index contributed by atoms with van der Waals surface area (Å²) in [6.07, 6.45) is 2.09. The van der Waals surface area contributed by atoms with Crippen LogP contribution in [-0.4, -0.2) is 16.7 Å². The fourth-order valence-electron chi connectivity index (χ4n) is 2.69. The molecule has 2 aromatic rings. The molecule has 5 nitrogen and oxygen atoms in total. The summed E-state index contributed by atoms with van der Waals surface area (Å²) in [5, 5.41) is 17.5. The van der Waals surface area contributed by atoms with E-state index in [-0.39, 0.29) is 6.04 Å². The molecule has 1 aromatic carbocycles. The van der Waals surface area contributed by atoms with Gasteiger partial charge in [0.1, 0.15) is 11.9 Å². The summed E-state index contributed by atoms with van der Waals surface area (Å²) in [4.78, 5) is 2.24. The Morgan fingerprint density at radius 2 is 2.14 bits per heavy atom. The fraction of sp³-hybridized carbons (Fsp3) is 0.267. The quantitative estimate of drug-likeness (QED) is 0.922. The average molecular weight is 300 g/mol. The van der Waals surface area contributed by atoms with Gasteiger partial charge in [-0.1, -0.05) is 11.6 Å². The average Bonchev–Trinajstić information content (AvgIpc) is 2.97. The molecule has 0 bridgehead atoms. The first-order valence-corrected chi connectivity index (χ1v) is 7.12.